The van der Waals surface area contributed by atoms with Crippen molar-refractivity contribution in [2.75, 3.05) is 13.2 Å². The topological polar surface area (TPSA) is 49.3 Å². The van der Waals surface area contributed by atoms with Crippen LogP contribution in [0.1, 0.15) is 23.7 Å². The van der Waals surface area contributed by atoms with Crippen molar-refractivity contribution in [2.24, 2.45) is 5.92 Å². The third-order valence-electron chi connectivity index (χ3n) is 3.27. The Kier molecular flexibility index (Phi) is 4.53. The summed E-state index contributed by atoms with van der Waals surface area (Å²) in [5, 5.41) is 13.8. The van der Waals surface area contributed by atoms with Gasteiger partial charge in [0.15, 0.2) is 0 Å². The van der Waals surface area contributed by atoms with Crippen LogP contribution in [0.5, 0.6) is 0 Å². The molecule has 0 aromatic heterocycles. The quantitative estimate of drug-likeness (QED) is 0.865. The Morgan fingerprint density at radius 2 is 1.95 bits per heavy atom. The molecule has 0 saturated heterocycles. The summed E-state index contributed by atoms with van der Waals surface area (Å²) >= 11 is 0. The lowest BCUT2D eigenvalue weighted by Crippen LogP contribution is -2.28. The van der Waals surface area contributed by atoms with Crippen LogP contribution in [-0.4, -0.2) is 24.2 Å². The van der Waals surface area contributed by atoms with Crippen LogP contribution in [0.3, 0.4) is 0 Å². The molecule has 2 aromatic carbocycles. The van der Waals surface area contributed by atoms with Crippen molar-refractivity contribution in [3.05, 3.63) is 48.0 Å². The summed E-state index contributed by atoms with van der Waals surface area (Å²) in [6.07, 6.45) is 0.704. The zero-order valence-electron chi connectivity index (χ0n) is 11.1. The van der Waals surface area contributed by atoms with Crippen LogP contribution in [0.15, 0.2) is 42.5 Å². The van der Waals surface area contributed by atoms with Gasteiger partial charge in [-0.2, -0.15) is 0 Å². The number of hydrogen-bond acceptors (Lipinski definition) is 2. The number of hydrogen-bond donors (Lipinski definition) is 2. The molecule has 0 heterocycles. The van der Waals surface area contributed by atoms with E-state index in [1.54, 1.807) is 0 Å². The van der Waals surface area contributed by atoms with E-state index in [9.17, 15) is 4.79 Å². The van der Waals surface area contributed by atoms with Gasteiger partial charge in [0.1, 0.15) is 0 Å². The van der Waals surface area contributed by atoms with Gasteiger partial charge < -0.3 is 10.4 Å². The van der Waals surface area contributed by atoms with Gasteiger partial charge in [-0.3, -0.25) is 4.79 Å². The smallest absolute Gasteiger partial charge is 0.251 e. The Bertz CT molecular complexity index is 560. The van der Waals surface area contributed by atoms with Gasteiger partial charge >= 0.3 is 0 Å². The number of nitrogens with one attached hydrogen (secondary N) is 1. The number of rotatable bonds is 5. The predicted molar refractivity (Wildman–Crippen MR) is 77.1 cm³/mol. The van der Waals surface area contributed by atoms with Crippen LogP contribution in [0, 0.1) is 5.92 Å². The van der Waals surface area contributed by atoms with Gasteiger partial charge in [-0.15, -0.1) is 0 Å². The van der Waals surface area contributed by atoms with Crippen molar-refractivity contribution in [1.82, 2.24) is 5.32 Å². The van der Waals surface area contributed by atoms with E-state index in [-0.39, 0.29) is 18.4 Å². The first-order chi connectivity index (χ1) is 9.22. The molecule has 0 bridgehead atoms. The highest BCUT2D eigenvalue weighted by molar-refractivity contribution is 6.06. The Balaban J connectivity index is 2.13. The maximum absolute atomic E-state index is 12.2. The molecule has 0 fully saturated rings. The van der Waals surface area contributed by atoms with Gasteiger partial charge in [0.05, 0.1) is 0 Å². The summed E-state index contributed by atoms with van der Waals surface area (Å²) < 4.78 is 0. The molecule has 100 valence electrons. The molecule has 1 atom stereocenters. The van der Waals surface area contributed by atoms with Crippen LogP contribution in [0.25, 0.3) is 10.8 Å². The van der Waals surface area contributed by atoms with Gasteiger partial charge in [-0.05, 0) is 29.2 Å². The number of aliphatic hydroxyl groups excluding tert-OH is 1. The summed E-state index contributed by atoms with van der Waals surface area (Å²) in [7, 11) is 0. The Morgan fingerprint density at radius 3 is 2.74 bits per heavy atom. The van der Waals surface area contributed by atoms with Crippen LogP contribution in [-0.2, 0) is 0 Å². The SMILES string of the molecule is CC(CCO)CNC(=O)c1cccc2ccccc12. The highest BCUT2D eigenvalue weighted by Gasteiger charge is 2.10. The molecule has 19 heavy (non-hydrogen) atoms. The molecular weight excluding hydrogens is 238 g/mol. The van der Waals surface area contributed by atoms with Crippen molar-refractivity contribution in [3.63, 3.8) is 0 Å². The summed E-state index contributed by atoms with van der Waals surface area (Å²) in [4.78, 5) is 12.2. The molecule has 0 aliphatic heterocycles. The lowest BCUT2D eigenvalue weighted by molar-refractivity contribution is 0.0947. The summed E-state index contributed by atoms with van der Waals surface area (Å²) in [6.45, 7) is 2.76. The standard InChI is InChI=1S/C16H19NO2/c1-12(9-10-18)11-17-16(19)15-8-4-6-13-5-2-3-7-14(13)15/h2-8,12,18H,9-11H2,1H3,(H,17,19). The second-order valence-corrected chi connectivity index (χ2v) is 4.85. The number of benzene rings is 2. The van der Waals surface area contributed by atoms with Gasteiger partial charge in [0.25, 0.3) is 5.91 Å². The fourth-order valence-corrected chi connectivity index (χ4v) is 2.11. The van der Waals surface area contributed by atoms with Gasteiger partial charge in [-0.25, -0.2) is 0 Å². The normalized spacial score (nSPS) is 12.3. The first-order valence-electron chi connectivity index (χ1n) is 6.59. The Labute approximate surface area is 113 Å². The highest BCUT2D eigenvalue weighted by atomic mass is 16.3. The minimum Gasteiger partial charge on any atom is -0.396 e. The van der Waals surface area contributed by atoms with Crippen LogP contribution < -0.4 is 5.32 Å². The molecule has 0 radical (unpaired) electrons. The second-order valence-electron chi connectivity index (χ2n) is 4.85. The molecule has 2 rings (SSSR count). The fourth-order valence-electron chi connectivity index (χ4n) is 2.11. The van der Waals surface area contributed by atoms with Gasteiger partial charge in [0.2, 0.25) is 0 Å². The van der Waals surface area contributed by atoms with Crippen molar-refractivity contribution < 1.29 is 9.90 Å². The maximum Gasteiger partial charge on any atom is 0.251 e. The Morgan fingerprint density at radius 1 is 1.21 bits per heavy atom. The third-order valence-corrected chi connectivity index (χ3v) is 3.27. The van der Waals surface area contributed by atoms with E-state index >= 15 is 0 Å². The first-order valence-corrected chi connectivity index (χ1v) is 6.59. The molecule has 1 amide bonds. The van der Waals surface area contributed by atoms with Gasteiger partial charge in [-0.1, -0.05) is 43.3 Å². The van der Waals surface area contributed by atoms with E-state index in [2.05, 4.69) is 5.32 Å². The monoisotopic (exact) mass is 257 g/mol. The van der Waals surface area contributed by atoms with Crippen LogP contribution >= 0.6 is 0 Å². The van der Waals surface area contributed by atoms with Crippen molar-refractivity contribution >= 4 is 16.7 Å². The molecule has 3 nitrogen and oxygen atoms in total. The molecule has 0 saturated carbocycles. The van der Waals surface area contributed by atoms with Crippen molar-refractivity contribution in [1.29, 1.82) is 0 Å². The van der Waals surface area contributed by atoms with E-state index in [0.717, 1.165) is 10.8 Å². The molecule has 2 aromatic rings. The molecule has 1 unspecified atom stereocenters. The largest absolute Gasteiger partial charge is 0.396 e. The first kappa shape index (κ1) is 13.6. The molecule has 0 spiro atoms. The van der Waals surface area contributed by atoms with E-state index in [0.29, 0.717) is 18.5 Å². The van der Waals surface area contributed by atoms with E-state index in [1.807, 2.05) is 49.4 Å². The molecule has 2 N–H and O–H groups in total. The zero-order valence-corrected chi connectivity index (χ0v) is 11.1. The minimum atomic E-state index is -0.0541. The number of carbonyl (C=O) groups is 1. The zero-order chi connectivity index (χ0) is 13.7. The lowest BCUT2D eigenvalue weighted by atomic mass is 10.0. The average Bonchev–Trinajstić information content (AvgIpc) is 2.44. The number of aliphatic hydroxyl groups is 1. The molecule has 3 heteroatoms. The highest BCUT2D eigenvalue weighted by Crippen LogP contribution is 2.18. The van der Waals surface area contributed by atoms with E-state index < -0.39 is 0 Å². The summed E-state index contributed by atoms with van der Waals surface area (Å²) in [6, 6.07) is 13.6. The van der Waals surface area contributed by atoms with E-state index in [1.165, 1.54) is 0 Å². The maximum atomic E-state index is 12.2. The molecule has 0 aliphatic carbocycles. The Hall–Kier alpha value is -1.87. The minimum absolute atomic E-state index is 0.0541. The van der Waals surface area contributed by atoms with Crippen molar-refractivity contribution in [2.45, 2.75) is 13.3 Å². The van der Waals surface area contributed by atoms with E-state index in [4.69, 9.17) is 5.11 Å². The fraction of sp³-hybridized carbons (Fsp3) is 0.312. The average molecular weight is 257 g/mol. The number of fused-ring (bicyclic) bond motifs is 1. The molecular formula is C16H19NO2. The number of amides is 1. The predicted octanol–water partition coefficient (Wildman–Crippen LogP) is 2.59. The van der Waals surface area contributed by atoms with Gasteiger partial charge in [0, 0.05) is 18.7 Å². The second kappa shape index (κ2) is 6.34. The van der Waals surface area contributed by atoms with Crippen molar-refractivity contribution in [3.8, 4) is 0 Å². The summed E-state index contributed by atoms with van der Waals surface area (Å²) in [5.41, 5.74) is 0.703. The summed E-state index contributed by atoms with van der Waals surface area (Å²) in [5.74, 6) is 0.227. The van der Waals surface area contributed by atoms with Crippen LogP contribution in [0.2, 0.25) is 0 Å². The van der Waals surface area contributed by atoms with Crippen LogP contribution in [0.4, 0.5) is 0 Å². The lowest BCUT2D eigenvalue weighted by Gasteiger charge is -2.12. The number of carbonyl (C=O) groups excluding carboxylic acids is 1. The third kappa shape index (κ3) is 3.32. The molecule has 0 aliphatic rings.